The topological polar surface area (TPSA) is 24.5 Å². The van der Waals surface area contributed by atoms with Gasteiger partial charge in [0.2, 0.25) is 0 Å². The van der Waals surface area contributed by atoms with Gasteiger partial charge in [-0.15, -0.1) is 13.2 Å². The van der Waals surface area contributed by atoms with Crippen LogP contribution in [0.3, 0.4) is 0 Å². The first-order valence-corrected chi connectivity index (χ1v) is 5.55. The Kier molecular flexibility index (Phi) is 5.01. The molecule has 1 aliphatic rings. The molecule has 1 fully saturated rings. The normalized spacial score (nSPS) is 24.0. The van der Waals surface area contributed by atoms with E-state index in [0.29, 0.717) is 18.5 Å². The highest BCUT2D eigenvalue weighted by atomic mass is 19.4. The molecule has 96 valence electrons. The van der Waals surface area contributed by atoms with Gasteiger partial charge in [-0.1, -0.05) is 13.8 Å². The third-order valence-corrected chi connectivity index (χ3v) is 2.81. The lowest BCUT2D eigenvalue weighted by molar-refractivity contribution is -0.325. The number of ether oxygens (including phenoxy) is 1. The first-order chi connectivity index (χ1) is 7.40. The van der Waals surface area contributed by atoms with Crippen LogP contribution in [-0.2, 0) is 4.74 Å². The summed E-state index contributed by atoms with van der Waals surface area (Å²) in [5.74, 6) is 0.429. The molecule has 1 rings (SSSR count). The van der Waals surface area contributed by atoms with Crippen molar-refractivity contribution >= 4 is 0 Å². The summed E-state index contributed by atoms with van der Waals surface area (Å²) < 4.78 is 39.2. The van der Waals surface area contributed by atoms with E-state index in [2.05, 4.69) is 28.8 Å². The van der Waals surface area contributed by atoms with Crippen molar-refractivity contribution in [1.29, 1.82) is 0 Å². The molecule has 1 saturated heterocycles. The van der Waals surface area contributed by atoms with Crippen molar-refractivity contribution in [3.8, 4) is 0 Å². The maximum atomic E-state index is 11.8. The molecule has 0 aromatic carbocycles. The third-order valence-electron chi connectivity index (χ3n) is 2.81. The van der Waals surface area contributed by atoms with Gasteiger partial charge in [0, 0.05) is 32.2 Å². The minimum Gasteiger partial charge on any atom is -0.314 e. The minimum atomic E-state index is -4.51. The fraction of sp³-hybridized carbons (Fsp3) is 1.00. The Bertz CT molecular complexity index is 209. The Morgan fingerprint density at radius 1 is 1.44 bits per heavy atom. The molecular weight excluding hydrogens is 221 g/mol. The van der Waals surface area contributed by atoms with Crippen molar-refractivity contribution in [3.63, 3.8) is 0 Å². The standard InChI is InChI=1S/C10H19F3N2O/c1-8(2)9-7-14-3-4-15(9)5-6-16-10(11,12)13/h8-9,14H,3-7H2,1-2H3. The molecule has 3 nitrogen and oxygen atoms in total. The first-order valence-electron chi connectivity index (χ1n) is 5.55. The summed E-state index contributed by atoms with van der Waals surface area (Å²) in [6.45, 7) is 6.66. The molecule has 0 aromatic heterocycles. The Morgan fingerprint density at radius 2 is 2.12 bits per heavy atom. The van der Waals surface area contributed by atoms with Gasteiger partial charge >= 0.3 is 6.36 Å². The minimum absolute atomic E-state index is 0.285. The molecule has 1 aliphatic heterocycles. The number of hydrogen-bond acceptors (Lipinski definition) is 3. The number of alkyl halides is 3. The lowest BCUT2D eigenvalue weighted by Gasteiger charge is -2.38. The number of nitrogens with zero attached hydrogens (tertiary/aromatic N) is 1. The molecule has 0 spiro atoms. The molecule has 1 atom stereocenters. The van der Waals surface area contributed by atoms with Crippen LogP contribution in [0.5, 0.6) is 0 Å². The molecular formula is C10H19F3N2O. The average molecular weight is 240 g/mol. The maximum Gasteiger partial charge on any atom is 0.522 e. The van der Waals surface area contributed by atoms with E-state index in [9.17, 15) is 13.2 Å². The monoisotopic (exact) mass is 240 g/mol. The largest absolute Gasteiger partial charge is 0.522 e. The molecule has 0 radical (unpaired) electrons. The number of hydrogen-bond donors (Lipinski definition) is 1. The van der Waals surface area contributed by atoms with Crippen LogP contribution in [0.15, 0.2) is 0 Å². The highest BCUT2D eigenvalue weighted by Gasteiger charge is 2.30. The second-order valence-electron chi connectivity index (χ2n) is 4.35. The molecule has 1 unspecified atom stereocenters. The van der Waals surface area contributed by atoms with E-state index in [-0.39, 0.29) is 6.61 Å². The number of piperazine rings is 1. The molecule has 6 heteroatoms. The van der Waals surface area contributed by atoms with E-state index in [1.807, 2.05) is 0 Å². The van der Waals surface area contributed by atoms with E-state index in [4.69, 9.17) is 0 Å². The van der Waals surface area contributed by atoms with Crippen LogP contribution in [-0.4, -0.2) is 50.1 Å². The molecule has 16 heavy (non-hydrogen) atoms. The Labute approximate surface area is 93.9 Å². The van der Waals surface area contributed by atoms with Gasteiger partial charge < -0.3 is 5.32 Å². The molecule has 0 amide bonds. The summed E-state index contributed by atoms with van der Waals surface area (Å²) >= 11 is 0. The van der Waals surface area contributed by atoms with E-state index in [1.165, 1.54) is 0 Å². The van der Waals surface area contributed by atoms with E-state index in [1.54, 1.807) is 0 Å². The lowest BCUT2D eigenvalue weighted by atomic mass is 10.0. The quantitative estimate of drug-likeness (QED) is 0.805. The molecule has 1 heterocycles. The Morgan fingerprint density at radius 3 is 2.69 bits per heavy atom. The summed E-state index contributed by atoms with van der Waals surface area (Å²) in [6, 6.07) is 0.297. The summed E-state index contributed by atoms with van der Waals surface area (Å²) in [5, 5.41) is 3.25. The average Bonchev–Trinajstić information content (AvgIpc) is 2.16. The fourth-order valence-corrected chi connectivity index (χ4v) is 1.98. The predicted molar refractivity (Wildman–Crippen MR) is 55.1 cm³/mol. The zero-order chi connectivity index (χ0) is 12.2. The fourth-order valence-electron chi connectivity index (χ4n) is 1.98. The van der Waals surface area contributed by atoms with Crippen molar-refractivity contribution in [1.82, 2.24) is 10.2 Å². The van der Waals surface area contributed by atoms with Crippen molar-refractivity contribution in [2.45, 2.75) is 26.3 Å². The molecule has 0 aromatic rings. The number of rotatable bonds is 4. The summed E-state index contributed by atoms with van der Waals surface area (Å²) in [7, 11) is 0. The summed E-state index contributed by atoms with van der Waals surface area (Å²) in [4.78, 5) is 2.06. The van der Waals surface area contributed by atoms with E-state index in [0.717, 1.165) is 19.6 Å². The molecule has 0 saturated carbocycles. The molecule has 0 bridgehead atoms. The van der Waals surface area contributed by atoms with Crippen LogP contribution in [0.4, 0.5) is 13.2 Å². The lowest BCUT2D eigenvalue weighted by Crippen LogP contribution is -2.54. The van der Waals surface area contributed by atoms with Crippen molar-refractivity contribution in [2.24, 2.45) is 5.92 Å². The van der Waals surface area contributed by atoms with Gasteiger partial charge in [-0.3, -0.25) is 9.64 Å². The van der Waals surface area contributed by atoms with E-state index >= 15 is 0 Å². The van der Waals surface area contributed by atoms with Crippen LogP contribution < -0.4 is 5.32 Å². The van der Waals surface area contributed by atoms with Gasteiger partial charge in [-0.05, 0) is 5.92 Å². The summed E-state index contributed by atoms with van der Waals surface area (Å²) in [6.07, 6.45) is -4.51. The van der Waals surface area contributed by atoms with Crippen molar-refractivity contribution in [3.05, 3.63) is 0 Å². The van der Waals surface area contributed by atoms with Gasteiger partial charge in [0.05, 0.1) is 6.61 Å². The second kappa shape index (κ2) is 5.84. The Balaban J connectivity index is 2.33. The number of nitrogens with one attached hydrogen (secondary N) is 1. The Hall–Kier alpha value is -0.330. The first kappa shape index (κ1) is 13.7. The van der Waals surface area contributed by atoms with Gasteiger partial charge in [-0.2, -0.15) is 0 Å². The number of halogens is 3. The third kappa shape index (κ3) is 4.67. The van der Waals surface area contributed by atoms with E-state index < -0.39 is 6.36 Å². The van der Waals surface area contributed by atoms with Crippen LogP contribution in [0.1, 0.15) is 13.8 Å². The van der Waals surface area contributed by atoms with Gasteiger partial charge in [0.25, 0.3) is 0 Å². The molecule has 1 N–H and O–H groups in total. The second-order valence-corrected chi connectivity index (χ2v) is 4.35. The van der Waals surface area contributed by atoms with Crippen LogP contribution in [0.2, 0.25) is 0 Å². The van der Waals surface area contributed by atoms with Crippen LogP contribution in [0.25, 0.3) is 0 Å². The zero-order valence-electron chi connectivity index (χ0n) is 9.68. The maximum absolute atomic E-state index is 11.8. The van der Waals surface area contributed by atoms with Gasteiger partial charge in [-0.25, -0.2) is 0 Å². The van der Waals surface area contributed by atoms with Crippen LogP contribution in [0, 0.1) is 5.92 Å². The van der Waals surface area contributed by atoms with Crippen molar-refractivity contribution < 1.29 is 17.9 Å². The summed E-state index contributed by atoms with van der Waals surface area (Å²) in [5.41, 5.74) is 0. The van der Waals surface area contributed by atoms with Crippen LogP contribution >= 0.6 is 0 Å². The zero-order valence-corrected chi connectivity index (χ0v) is 9.68. The highest BCUT2D eigenvalue weighted by molar-refractivity contribution is 4.81. The highest BCUT2D eigenvalue weighted by Crippen LogP contribution is 2.17. The van der Waals surface area contributed by atoms with Gasteiger partial charge in [0.15, 0.2) is 0 Å². The van der Waals surface area contributed by atoms with Crippen molar-refractivity contribution in [2.75, 3.05) is 32.8 Å². The SMILES string of the molecule is CC(C)C1CNCCN1CCOC(F)(F)F. The predicted octanol–water partition coefficient (Wildman–Crippen LogP) is 1.45. The molecule has 0 aliphatic carbocycles. The smallest absolute Gasteiger partial charge is 0.314 e. The van der Waals surface area contributed by atoms with Gasteiger partial charge in [0.1, 0.15) is 0 Å².